The molecule has 0 saturated heterocycles. The SMILES string of the molecule is Cn1c(CNCC2(O)CCCCCC2)cc(=O)n(C)c1=O. The van der Waals surface area contributed by atoms with E-state index in [4.69, 9.17) is 0 Å². The molecule has 1 fully saturated rings. The summed E-state index contributed by atoms with van der Waals surface area (Å²) in [6.45, 7) is 0.903. The first-order valence-corrected chi connectivity index (χ1v) is 7.62. The second-order valence-corrected chi connectivity index (χ2v) is 6.12. The molecule has 1 aliphatic carbocycles. The van der Waals surface area contributed by atoms with E-state index in [1.54, 1.807) is 7.05 Å². The molecule has 0 aromatic carbocycles. The number of aliphatic hydroxyl groups is 1. The topological polar surface area (TPSA) is 76.3 Å². The Morgan fingerprint density at radius 3 is 2.38 bits per heavy atom. The minimum atomic E-state index is -0.658. The number of aromatic nitrogens is 2. The van der Waals surface area contributed by atoms with Crippen molar-refractivity contribution in [2.45, 2.75) is 50.7 Å². The Morgan fingerprint density at radius 2 is 1.76 bits per heavy atom. The lowest BCUT2D eigenvalue weighted by atomic mass is 9.94. The zero-order valence-corrected chi connectivity index (χ0v) is 12.9. The highest BCUT2D eigenvalue weighted by Gasteiger charge is 2.27. The molecule has 1 heterocycles. The van der Waals surface area contributed by atoms with Gasteiger partial charge in [0, 0.05) is 38.9 Å². The lowest BCUT2D eigenvalue weighted by Crippen LogP contribution is -2.42. The van der Waals surface area contributed by atoms with Gasteiger partial charge in [-0.25, -0.2) is 4.79 Å². The van der Waals surface area contributed by atoms with Crippen LogP contribution < -0.4 is 16.6 Å². The summed E-state index contributed by atoms with van der Waals surface area (Å²) in [4.78, 5) is 23.5. The van der Waals surface area contributed by atoms with Crippen LogP contribution in [0.1, 0.15) is 44.2 Å². The van der Waals surface area contributed by atoms with Gasteiger partial charge in [0.1, 0.15) is 0 Å². The van der Waals surface area contributed by atoms with Crippen LogP contribution >= 0.6 is 0 Å². The Kier molecular flexibility index (Phi) is 5.00. The maximum absolute atomic E-state index is 11.8. The zero-order chi connectivity index (χ0) is 15.5. The normalized spacial score (nSPS) is 18.4. The first kappa shape index (κ1) is 16.0. The van der Waals surface area contributed by atoms with Crippen molar-refractivity contribution >= 4 is 0 Å². The smallest absolute Gasteiger partial charge is 0.330 e. The van der Waals surface area contributed by atoms with Crippen LogP contribution in [0.25, 0.3) is 0 Å². The third kappa shape index (κ3) is 3.83. The maximum atomic E-state index is 11.8. The van der Waals surface area contributed by atoms with E-state index in [0.29, 0.717) is 18.8 Å². The summed E-state index contributed by atoms with van der Waals surface area (Å²) in [7, 11) is 3.12. The van der Waals surface area contributed by atoms with E-state index in [2.05, 4.69) is 5.32 Å². The van der Waals surface area contributed by atoms with Crippen LogP contribution in [0.5, 0.6) is 0 Å². The third-order valence-corrected chi connectivity index (χ3v) is 4.42. The zero-order valence-electron chi connectivity index (χ0n) is 12.9. The summed E-state index contributed by atoms with van der Waals surface area (Å²) in [5.74, 6) is 0. The minimum Gasteiger partial charge on any atom is -0.389 e. The number of hydrogen-bond donors (Lipinski definition) is 2. The summed E-state index contributed by atoms with van der Waals surface area (Å²) < 4.78 is 2.55. The number of nitrogens with one attached hydrogen (secondary N) is 1. The summed E-state index contributed by atoms with van der Waals surface area (Å²) in [6, 6.07) is 1.46. The monoisotopic (exact) mass is 295 g/mol. The lowest BCUT2D eigenvalue weighted by Gasteiger charge is -2.27. The van der Waals surface area contributed by atoms with Gasteiger partial charge in [0.05, 0.1) is 5.60 Å². The van der Waals surface area contributed by atoms with E-state index < -0.39 is 5.60 Å². The van der Waals surface area contributed by atoms with Gasteiger partial charge in [0.2, 0.25) is 0 Å². The Bertz CT molecular complexity index is 595. The number of nitrogens with zero attached hydrogens (tertiary/aromatic N) is 2. The van der Waals surface area contributed by atoms with Crippen LogP contribution in [-0.4, -0.2) is 26.4 Å². The summed E-state index contributed by atoms with van der Waals surface area (Å²) in [6.07, 6.45) is 6.12. The van der Waals surface area contributed by atoms with Crippen molar-refractivity contribution in [3.63, 3.8) is 0 Å². The molecular weight excluding hydrogens is 270 g/mol. The quantitative estimate of drug-likeness (QED) is 0.781. The molecular formula is C15H25N3O3. The molecule has 0 amide bonds. The fourth-order valence-electron chi connectivity index (χ4n) is 2.93. The van der Waals surface area contributed by atoms with Crippen LogP contribution in [0.2, 0.25) is 0 Å². The molecule has 2 rings (SSSR count). The first-order valence-electron chi connectivity index (χ1n) is 7.62. The third-order valence-electron chi connectivity index (χ3n) is 4.42. The standard InChI is InChI=1S/C15H25N3O3/c1-17-12(9-13(19)18(2)14(17)20)10-16-11-15(21)7-5-3-4-6-8-15/h9,16,21H,3-8,10-11H2,1-2H3. The van der Waals surface area contributed by atoms with E-state index in [1.807, 2.05) is 0 Å². The highest BCUT2D eigenvalue weighted by atomic mass is 16.3. The molecule has 1 aliphatic rings. The average molecular weight is 295 g/mol. The predicted molar refractivity (Wildman–Crippen MR) is 81.3 cm³/mol. The van der Waals surface area contributed by atoms with Gasteiger partial charge in [-0.3, -0.25) is 13.9 Å². The minimum absolute atomic E-state index is 0.303. The van der Waals surface area contributed by atoms with Crippen molar-refractivity contribution in [2.24, 2.45) is 14.1 Å². The molecule has 118 valence electrons. The van der Waals surface area contributed by atoms with Crippen molar-refractivity contribution < 1.29 is 5.11 Å². The van der Waals surface area contributed by atoms with Crippen molar-refractivity contribution in [3.05, 3.63) is 32.6 Å². The van der Waals surface area contributed by atoms with E-state index >= 15 is 0 Å². The van der Waals surface area contributed by atoms with E-state index in [9.17, 15) is 14.7 Å². The van der Waals surface area contributed by atoms with Crippen LogP contribution in [-0.2, 0) is 20.6 Å². The molecule has 0 unspecified atom stereocenters. The Labute approximate surface area is 124 Å². The second kappa shape index (κ2) is 6.58. The van der Waals surface area contributed by atoms with Gasteiger partial charge in [0.25, 0.3) is 5.56 Å². The predicted octanol–water partition coefficient (Wildman–Crippen LogP) is 0.259. The number of hydrogen-bond acceptors (Lipinski definition) is 4. The van der Waals surface area contributed by atoms with Gasteiger partial charge >= 0.3 is 5.69 Å². The molecule has 1 aromatic rings. The van der Waals surface area contributed by atoms with Crippen LogP contribution in [0.4, 0.5) is 0 Å². The van der Waals surface area contributed by atoms with Crippen LogP contribution in [0, 0.1) is 0 Å². The number of rotatable bonds is 4. The molecule has 6 nitrogen and oxygen atoms in total. The maximum Gasteiger partial charge on any atom is 0.330 e. The fraction of sp³-hybridized carbons (Fsp3) is 0.733. The summed E-state index contributed by atoms with van der Waals surface area (Å²) >= 11 is 0. The van der Waals surface area contributed by atoms with E-state index in [0.717, 1.165) is 30.3 Å². The molecule has 2 N–H and O–H groups in total. The second-order valence-electron chi connectivity index (χ2n) is 6.12. The van der Waals surface area contributed by atoms with E-state index in [-0.39, 0.29) is 11.2 Å². The molecule has 0 aliphatic heterocycles. The van der Waals surface area contributed by atoms with Crippen molar-refractivity contribution in [3.8, 4) is 0 Å². The van der Waals surface area contributed by atoms with Gasteiger partial charge in [-0.2, -0.15) is 0 Å². The fourth-order valence-corrected chi connectivity index (χ4v) is 2.93. The Balaban J connectivity index is 2.00. The molecule has 0 radical (unpaired) electrons. The van der Waals surface area contributed by atoms with Gasteiger partial charge in [-0.15, -0.1) is 0 Å². The summed E-state index contributed by atoms with van der Waals surface area (Å²) in [5.41, 5.74) is -0.648. The highest BCUT2D eigenvalue weighted by Crippen LogP contribution is 2.26. The van der Waals surface area contributed by atoms with Gasteiger partial charge < -0.3 is 10.4 Å². The highest BCUT2D eigenvalue weighted by molar-refractivity contribution is 5.02. The molecule has 1 saturated carbocycles. The van der Waals surface area contributed by atoms with Crippen molar-refractivity contribution in [1.29, 1.82) is 0 Å². The van der Waals surface area contributed by atoms with Gasteiger partial charge in [0.15, 0.2) is 0 Å². The van der Waals surface area contributed by atoms with Crippen LogP contribution in [0.15, 0.2) is 15.7 Å². The van der Waals surface area contributed by atoms with Crippen molar-refractivity contribution in [2.75, 3.05) is 6.54 Å². The molecule has 6 heteroatoms. The Morgan fingerprint density at radius 1 is 1.14 bits per heavy atom. The van der Waals surface area contributed by atoms with Crippen LogP contribution in [0.3, 0.4) is 0 Å². The molecule has 21 heavy (non-hydrogen) atoms. The van der Waals surface area contributed by atoms with Gasteiger partial charge in [-0.1, -0.05) is 25.7 Å². The molecule has 1 aromatic heterocycles. The largest absolute Gasteiger partial charge is 0.389 e. The lowest BCUT2D eigenvalue weighted by molar-refractivity contribution is 0.0249. The molecule has 0 bridgehead atoms. The van der Waals surface area contributed by atoms with Gasteiger partial charge in [-0.05, 0) is 12.8 Å². The van der Waals surface area contributed by atoms with E-state index in [1.165, 1.54) is 30.5 Å². The molecule has 0 atom stereocenters. The average Bonchev–Trinajstić information content (AvgIpc) is 2.67. The summed E-state index contributed by atoms with van der Waals surface area (Å²) in [5, 5.41) is 13.8. The van der Waals surface area contributed by atoms with Crippen molar-refractivity contribution in [1.82, 2.24) is 14.5 Å². The first-order chi connectivity index (χ1) is 9.93. The Hall–Kier alpha value is -1.40. The molecule has 0 spiro atoms.